The molecule has 0 fully saturated rings. The van der Waals surface area contributed by atoms with Gasteiger partial charge in [0.25, 0.3) is 0 Å². The third-order valence-electron chi connectivity index (χ3n) is 5.67. The van der Waals surface area contributed by atoms with E-state index in [1.807, 2.05) is 30.3 Å². The predicted octanol–water partition coefficient (Wildman–Crippen LogP) is 4.32. The van der Waals surface area contributed by atoms with E-state index in [0.717, 1.165) is 47.3 Å². The molecule has 0 bridgehead atoms. The number of ether oxygens (including phenoxy) is 1. The van der Waals surface area contributed by atoms with E-state index < -0.39 is 0 Å². The van der Waals surface area contributed by atoms with Crippen LogP contribution in [-0.2, 0) is 11.8 Å². The van der Waals surface area contributed by atoms with E-state index in [-0.39, 0.29) is 17.8 Å². The molecular formula is C23H24O3. The first-order chi connectivity index (χ1) is 12.5. The highest BCUT2D eigenvalue weighted by Crippen LogP contribution is 2.50. The number of carbonyl (C=O) groups excluding carboxylic acids is 1. The Hall–Kier alpha value is -2.39. The second-order valence-corrected chi connectivity index (χ2v) is 7.63. The first-order valence-corrected chi connectivity index (χ1v) is 9.29. The molecule has 0 heterocycles. The van der Waals surface area contributed by atoms with Gasteiger partial charge in [0.2, 0.25) is 0 Å². The summed E-state index contributed by atoms with van der Waals surface area (Å²) in [5, 5.41) is 8.88. The lowest BCUT2D eigenvalue weighted by atomic mass is 9.68. The van der Waals surface area contributed by atoms with Crippen molar-refractivity contribution < 1.29 is 14.6 Å². The molecule has 2 aliphatic carbocycles. The average Bonchev–Trinajstić information content (AvgIpc) is 3.04. The van der Waals surface area contributed by atoms with E-state index in [0.29, 0.717) is 6.61 Å². The Labute approximate surface area is 154 Å². The summed E-state index contributed by atoms with van der Waals surface area (Å²) < 4.78 is 5.84. The molecule has 3 heteroatoms. The summed E-state index contributed by atoms with van der Waals surface area (Å²) in [6, 6.07) is 14.1. The molecule has 0 saturated carbocycles. The number of benzene rings is 2. The third-order valence-corrected chi connectivity index (χ3v) is 5.67. The molecule has 0 atom stereocenters. The first-order valence-electron chi connectivity index (χ1n) is 9.29. The molecule has 134 valence electrons. The lowest BCUT2D eigenvalue weighted by molar-refractivity contribution is 0.105. The number of hydrogen-bond acceptors (Lipinski definition) is 3. The van der Waals surface area contributed by atoms with E-state index in [9.17, 15) is 4.79 Å². The molecule has 0 radical (unpaired) electrons. The highest BCUT2D eigenvalue weighted by molar-refractivity contribution is 6.32. The second-order valence-electron chi connectivity index (χ2n) is 7.63. The Kier molecular flexibility index (Phi) is 4.20. The fourth-order valence-electron chi connectivity index (χ4n) is 4.18. The Bertz CT molecular complexity index is 905. The van der Waals surface area contributed by atoms with E-state index in [1.54, 1.807) is 0 Å². The van der Waals surface area contributed by atoms with Gasteiger partial charge < -0.3 is 9.84 Å². The first kappa shape index (κ1) is 17.0. The largest absolute Gasteiger partial charge is 0.494 e. The highest BCUT2D eigenvalue weighted by Gasteiger charge is 2.42. The maximum atomic E-state index is 13.2. The summed E-state index contributed by atoms with van der Waals surface area (Å²) in [4.78, 5) is 13.2. The van der Waals surface area contributed by atoms with Crippen molar-refractivity contribution in [2.45, 2.75) is 38.5 Å². The molecule has 2 aliphatic rings. The molecule has 0 saturated heterocycles. The molecule has 2 aromatic rings. The Morgan fingerprint density at radius 1 is 1.08 bits per heavy atom. The fourth-order valence-corrected chi connectivity index (χ4v) is 4.18. The van der Waals surface area contributed by atoms with Gasteiger partial charge >= 0.3 is 0 Å². The number of unbranched alkanes of at least 4 members (excludes halogenated alkanes) is 1. The van der Waals surface area contributed by atoms with Gasteiger partial charge in [-0.1, -0.05) is 38.1 Å². The summed E-state index contributed by atoms with van der Waals surface area (Å²) in [5.74, 6) is 0.924. The van der Waals surface area contributed by atoms with Crippen molar-refractivity contribution in [1.29, 1.82) is 0 Å². The second kappa shape index (κ2) is 6.40. The van der Waals surface area contributed by atoms with Gasteiger partial charge in [-0.25, -0.2) is 0 Å². The summed E-state index contributed by atoms with van der Waals surface area (Å²) in [5.41, 5.74) is 6.08. The predicted molar refractivity (Wildman–Crippen MR) is 103 cm³/mol. The number of fused-ring (bicyclic) bond motifs is 3. The molecule has 3 nitrogen and oxygen atoms in total. The number of aliphatic hydroxyl groups is 1. The molecule has 0 unspecified atom stereocenters. The highest BCUT2D eigenvalue weighted by atomic mass is 16.5. The summed E-state index contributed by atoms with van der Waals surface area (Å²) in [7, 11) is 0. The quantitative estimate of drug-likeness (QED) is 0.819. The average molecular weight is 348 g/mol. The smallest absolute Gasteiger partial charge is 0.193 e. The zero-order valence-corrected chi connectivity index (χ0v) is 15.3. The van der Waals surface area contributed by atoms with Crippen LogP contribution in [0.25, 0.3) is 5.57 Å². The molecule has 1 N–H and O–H groups in total. The lowest BCUT2D eigenvalue weighted by Gasteiger charge is -2.34. The molecule has 0 aromatic heterocycles. The van der Waals surface area contributed by atoms with E-state index in [2.05, 4.69) is 26.0 Å². The Balaban J connectivity index is 1.71. The molecular weight excluding hydrogens is 324 g/mol. The normalized spacial score (nSPS) is 17.0. The van der Waals surface area contributed by atoms with Crippen molar-refractivity contribution in [3.63, 3.8) is 0 Å². The Morgan fingerprint density at radius 3 is 2.69 bits per heavy atom. The minimum Gasteiger partial charge on any atom is -0.494 e. The van der Waals surface area contributed by atoms with Gasteiger partial charge in [0.1, 0.15) is 5.75 Å². The number of carbonyl (C=O) groups is 1. The van der Waals surface area contributed by atoms with Gasteiger partial charge in [-0.05, 0) is 59.7 Å². The maximum absolute atomic E-state index is 13.2. The van der Waals surface area contributed by atoms with E-state index >= 15 is 0 Å². The van der Waals surface area contributed by atoms with Crippen LogP contribution in [0.2, 0.25) is 0 Å². The van der Waals surface area contributed by atoms with Crippen molar-refractivity contribution in [3.8, 4) is 5.75 Å². The van der Waals surface area contributed by atoms with E-state index in [4.69, 9.17) is 9.84 Å². The van der Waals surface area contributed by atoms with Crippen molar-refractivity contribution in [3.05, 3.63) is 70.3 Å². The van der Waals surface area contributed by atoms with Crippen molar-refractivity contribution in [2.75, 3.05) is 13.2 Å². The van der Waals surface area contributed by atoms with Crippen LogP contribution < -0.4 is 4.74 Å². The van der Waals surface area contributed by atoms with Crippen LogP contribution in [0.5, 0.6) is 5.75 Å². The van der Waals surface area contributed by atoms with Crippen LogP contribution in [0.1, 0.15) is 53.7 Å². The van der Waals surface area contributed by atoms with Gasteiger partial charge in [-0.3, -0.25) is 4.79 Å². The number of aliphatic hydroxyl groups excluding tert-OH is 1. The number of allylic oxidation sites excluding steroid dienone is 2. The minimum atomic E-state index is -0.206. The van der Waals surface area contributed by atoms with Crippen LogP contribution in [0.15, 0.2) is 48.0 Å². The fraction of sp³-hybridized carbons (Fsp3) is 0.348. The van der Waals surface area contributed by atoms with Gasteiger partial charge in [-0.15, -0.1) is 0 Å². The van der Waals surface area contributed by atoms with Crippen molar-refractivity contribution in [2.24, 2.45) is 0 Å². The third kappa shape index (κ3) is 2.58. The monoisotopic (exact) mass is 348 g/mol. The SMILES string of the molecule is CC1(C)C2=C(C(=O)c3ccc(OCCCCO)cc31)c1ccccc1C2. The summed E-state index contributed by atoms with van der Waals surface area (Å²) in [6.07, 6.45) is 2.40. The summed E-state index contributed by atoms with van der Waals surface area (Å²) >= 11 is 0. The number of rotatable bonds is 5. The van der Waals surface area contributed by atoms with Crippen molar-refractivity contribution >= 4 is 11.4 Å². The van der Waals surface area contributed by atoms with E-state index in [1.165, 1.54) is 11.1 Å². The van der Waals surface area contributed by atoms with Gasteiger partial charge in [-0.2, -0.15) is 0 Å². The molecule has 26 heavy (non-hydrogen) atoms. The zero-order chi connectivity index (χ0) is 18.3. The van der Waals surface area contributed by atoms with Crippen molar-refractivity contribution in [1.82, 2.24) is 0 Å². The molecule has 2 aromatic carbocycles. The van der Waals surface area contributed by atoms with Crippen LogP contribution in [0.3, 0.4) is 0 Å². The zero-order valence-electron chi connectivity index (χ0n) is 15.3. The molecule has 0 aliphatic heterocycles. The number of hydrogen-bond donors (Lipinski definition) is 1. The Morgan fingerprint density at radius 2 is 1.88 bits per heavy atom. The van der Waals surface area contributed by atoms with Crippen LogP contribution in [0, 0.1) is 0 Å². The minimum absolute atomic E-state index is 0.131. The van der Waals surface area contributed by atoms with Crippen LogP contribution >= 0.6 is 0 Å². The number of Topliss-reactive ketones (excluding diaryl/α,β-unsaturated/α-hetero) is 1. The standard InChI is InChI=1S/C23H24O3/c1-23(2)19-14-16(26-12-6-5-11-24)9-10-18(19)22(25)21-17-8-4-3-7-15(17)13-20(21)23/h3-4,7-10,14,24H,5-6,11-13H2,1-2H3. The topological polar surface area (TPSA) is 46.5 Å². The van der Waals surface area contributed by atoms with Crippen LogP contribution in [0.4, 0.5) is 0 Å². The van der Waals surface area contributed by atoms with Gasteiger partial charge in [0.05, 0.1) is 6.61 Å². The number of ketones is 1. The molecule has 0 spiro atoms. The maximum Gasteiger partial charge on any atom is 0.193 e. The lowest BCUT2D eigenvalue weighted by Crippen LogP contribution is -2.29. The van der Waals surface area contributed by atoms with Gasteiger partial charge in [0, 0.05) is 23.2 Å². The summed E-state index contributed by atoms with van der Waals surface area (Å²) in [6.45, 7) is 5.17. The molecule has 0 amide bonds. The molecule has 4 rings (SSSR count). The van der Waals surface area contributed by atoms with Gasteiger partial charge in [0.15, 0.2) is 5.78 Å². The van der Waals surface area contributed by atoms with Crippen LogP contribution in [-0.4, -0.2) is 24.1 Å².